The summed E-state index contributed by atoms with van der Waals surface area (Å²) in [5.41, 5.74) is 0.0741. The second kappa shape index (κ2) is 3.38. The van der Waals surface area contributed by atoms with Gasteiger partial charge in [0.15, 0.2) is 5.78 Å². The molecule has 0 amide bonds. The van der Waals surface area contributed by atoms with Crippen LogP contribution >= 0.6 is 0 Å². The molecule has 0 rings (SSSR count). The molecule has 0 heterocycles. The first-order valence-electron chi connectivity index (χ1n) is 2.87. The molecule has 0 saturated heterocycles. The Morgan fingerprint density at radius 1 is 1.67 bits per heavy atom. The van der Waals surface area contributed by atoms with Crippen LogP contribution in [0.5, 0.6) is 0 Å². The minimum atomic E-state index is -0.725. The van der Waals surface area contributed by atoms with Gasteiger partial charge in [0.05, 0.1) is 0 Å². The SMILES string of the molecule is C=C(CF)C(=O)C(C)C. The third-order valence-electron chi connectivity index (χ3n) is 1.03. The van der Waals surface area contributed by atoms with Crippen LogP contribution < -0.4 is 0 Å². The molecular weight excluding hydrogens is 119 g/mol. The quantitative estimate of drug-likeness (QED) is 0.532. The minimum absolute atomic E-state index is 0.0741. The highest BCUT2D eigenvalue weighted by molar-refractivity contribution is 5.96. The Labute approximate surface area is 54.6 Å². The van der Waals surface area contributed by atoms with Crippen molar-refractivity contribution >= 4 is 5.78 Å². The summed E-state index contributed by atoms with van der Waals surface area (Å²) in [4.78, 5) is 10.7. The number of Topliss-reactive ketones (excluding diaryl/α,β-unsaturated/α-hetero) is 1. The first-order valence-corrected chi connectivity index (χ1v) is 2.87. The smallest absolute Gasteiger partial charge is 0.163 e. The fourth-order valence-electron chi connectivity index (χ4n) is 0.474. The van der Waals surface area contributed by atoms with E-state index in [1.807, 2.05) is 0 Å². The van der Waals surface area contributed by atoms with E-state index in [9.17, 15) is 9.18 Å². The van der Waals surface area contributed by atoms with Crippen molar-refractivity contribution in [3.05, 3.63) is 12.2 Å². The van der Waals surface area contributed by atoms with Crippen molar-refractivity contribution in [3.63, 3.8) is 0 Å². The molecule has 0 fully saturated rings. The third kappa shape index (κ3) is 2.40. The van der Waals surface area contributed by atoms with E-state index in [1.54, 1.807) is 13.8 Å². The van der Waals surface area contributed by atoms with Crippen molar-refractivity contribution in [3.8, 4) is 0 Å². The van der Waals surface area contributed by atoms with E-state index in [0.29, 0.717) is 0 Å². The Morgan fingerprint density at radius 2 is 2.11 bits per heavy atom. The Bertz CT molecular complexity index is 127. The van der Waals surface area contributed by atoms with Gasteiger partial charge in [0, 0.05) is 11.5 Å². The Balaban J connectivity index is 3.89. The van der Waals surface area contributed by atoms with Gasteiger partial charge >= 0.3 is 0 Å². The molecule has 52 valence electrons. The maximum Gasteiger partial charge on any atom is 0.163 e. The van der Waals surface area contributed by atoms with Crippen LogP contribution in [0.4, 0.5) is 4.39 Å². The zero-order valence-electron chi connectivity index (χ0n) is 5.78. The van der Waals surface area contributed by atoms with Crippen molar-refractivity contribution in [2.24, 2.45) is 5.92 Å². The number of halogens is 1. The summed E-state index contributed by atoms with van der Waals surface area (Å²) < 4.78 is 11.7. The molecule has 9 heavy (non-hydrogen) atoms. The molecule has 0 saturated carbocycles. The summed E-state index contributed by atoms with van der Waals surface area (Å²) in [5, 5.41) is 0. The van der Waals surface area contributed by atoms with E-state index in [2.05, 4.69) is 6.58 Å². The first-order chi connectivity index (χ1) is 4.09. The molecule has 0 spiro atoms. The van der Waals surface area contributed by atoms with E-state index in [1.165, 1.54) is 0 Å². The van der Waals surface area contributed by atoms with Gasteiger partial charge in [-0.25, -0.2) is 4.39 Å². The number of allylic oxidation sites excluding steroid dienone is 1. The van der Waals surface area contributed by atoms with E-state index in [0.717, 1.165) is 0 Å². The molecule has 0 aromatic carbocycles. The van der Waals surface area contributed by atoms with Gasteiger partial charge in [0.1, 0.15) is 6.67 Å². The van der Waals surface area contributed by atoms with Gasteiger partial charge in [0.25, 0.3) is 0 Å². The lowest BCUT2D eigenvalue weighted by Crippen LogP contribution is -2.10. The highest BCUT2D eigenvalue weighted by atomic mass is 19.1. The van der Waals surface area contributed by atoms with Gasteiger partial charge in [0.2, 0.25) is 0 Å². The number of carbonyl (C=O) groups is 1. The van der Waals surface area contributed by atoms with Crippen LogP contribution in [-0.2, 0) is 4.79 Å². The Hall–Kier alpha value is -0.660. The van der Waals surface area contributed by atoms with Crippen LogP contribution in [0.3, 0.4) is 0 Å². The van der Waals surface area contributed by atoms with Gasteiger partial charge in [-0.05, 0) is 0 Å². The Morgan fingerprint density at radius 3 is 2.22 bits per heavy atom. The number of alkyl halides is 1. The molecule has 0 bridgehead atoms. The monoisotopic (exact) mass is 130 g/mol. The minimum Gasteiger partial charge on any atom is -0.294 e. The Kier molecular flexibility index (Phi) is 3.13. The lowest BCUT2D eigenvalue weighted by atomic mass is 10.0. The summed E-state index contributed by atoms with van der Waals surface area (Å²) in [6, 6.07) is 0. The summed E-state index contributed by atoms with van der Waals surface area (Å²) in [7, 11) is 0. The standard InChI is InChI=1S/C7H11FO/c1-5(2)7(9)6(3)4-8/h5H,3-4H2,1-2H3. The predicted molar refractivity (Wildman–Crippen MR) is 35.0 cm³/mol. The summed E-state index contributed by atoms with van der Waals surface area (Å²) in [5.74, 6) is -0.314. The molecule has 0 unspecified atom stereocenters. The zero-order valence-corrected chi connectivity index (χ0v) is 5.78. The van der Waals surface area contributed by atoms with Crippen molar-refractivity contribution in [1.29, 1.82) is 0 Å². The van der Waals surface area contributed by atoms with E-state index in [-0.39, 0.29) is 17.3 Å². The average Bonchev–Trinajstić information content (AvgIpc) is 1.84. The second-order valence-electron chi connectivity index (χ2n) is 2.26. The molecule has 0 aliphatic heterocycles. The van der Waals surface area contributed by atoms with Crippen molar-refractivity contribution in [2.45, 2.75) is 13.8 Å². The van der Waals surface area contributed by atoms with Gasteiger partial charge in [-0.2, -0.15) is 0 Å². The highest BCUT2D eigenvalue weighted by Crippen LogP contribution is 2.03. The fraction of sp³-hybridized carbons (Fsp3) is 0.571. The van der Waals surface area contributed by atoms with E-state index >= 15 is 0 Å². The number of carbonyl (C=O) groups excluding carboxylic acids is 1. The number of rotatable bonds is 3. The van der Waals surface area contributed by atoms with Crippen molar-refractivity contribution < 1.29 is 9.18 Å². The highest BCUT2D eigenvalue weighted by Gasteiger charge is 2.09. The van der Waals surface area contributed by atoms with Gasteiger partial charge in [-0.1, -0.05) is 20.4 Å². The average molecular weight is 130 g/mol. The molecule has 0 radical (unpaired) electrons. The normalized spacial score (nSPS) is 9.78. The first kappa shape index (κ1) is 8.34. The predicted octanol–water partition coefficient (Wildman–Crippen LogP) is 1.74. The van der Waals surface area contributed by atoms with E-state index in [4.69, 9.17) is 0 Å². The molecule has 0 aliphatic carbocycles. The summed E-state index contributed by atoms with van der Waals surface area (Å²) >= 11 is 0. The number of ketones is 1. The summed E-state index contributed by atoms with van der Waals surface area (Å²) in [6.45, 7) is 6.00. The van der Waals surface area contributed by atoms with E-state index < -0.39 is 6.67 Å². The van der Waals surface area contributed by atoms with Gasteiger partial charge in [-0.3, -0.25) is 4.79 Å². The molecule has 0 atom stereocenters. The van der Waals surface area contributed by atoms with Gasteiger partial charge < -0.3 is 0 Å². The molecule has 1 nitrogen and oxygen atoms in total. The molecule has 2 heteroatoms. The van der Waals surface area contributed by atoms with Crippen LogP contribution in [0, 0.1) is 5.92 Å². The molecule has 0 N–H and O–H groups in total. The molecule has 0 aliphatic rings. The summed E-state index contributed by atoms with van der Waals surface area (Å²) in [6.07, 6.45) is 0. The van der Waals surface area contributed by atoms with Gasteiger partial charge in [-0.15, -0.1) is 0 Å². The third-order valence-corrected chi connectivity index (χ3v) is 1.03. The zero-order chi connectivity index (χ0) is 7.44. The van der Waals surface area contributed by atoms with Crippen LogP contribution in [0.2, 0.25) is 0 Å². The largest absolute Gasteiger partial charge is 0.294 e. The number of hydrogen-bond donors (Lipinski definition) is 0. The van der Waals surface area contributed by atoms with Crippen molar-refractivity contribution in [1.82, 2.24) is 0 Å². The molecule has 0 aromatic heterocycles. The molecule has 0 aromatic rings. The maximum atomic E-state index is 11.7. The maximum absolute atomic E-state index is 11.7. The van der Waals surface area contributed by atoms with Crippen LogP contribution in [0.25, 0.3) is 0 Å². The lowest BCUT2D eigenvalue weighted by molar-refractivity contribution is -0.118. The molecular formula is C7H11FO. The second-order valence-corrected chi connectivity index (χ2v) is 2.26. The van der Waals surface area contributed by atoms with Crippen LogP contribution in [0.15, 0.2) is 12.2 Å². The topological polar surface area (TPSA) is 17.1 Å². The lowest BCUT2D eigenvalue weighted by Gasteiger charge is -2.01. The van der Waals surface area contributed by atoms with Crippen molar-refractivity contribution in [2.75, 3.05) is 6.67 Å². The number of hydrogen-bond acceptors (Lipinski definition) is 1. The van der Waals surface area contributed by atoms with Crippen LogP contribution in [0.1, 0.15) is 13.8 Å². The fourth-order valence-corrected chi connectivity index (χ4v) is 0.474. The van der Waals surface area contributed by atoms with Crippen LogP contribution in [-0.4, -0.2) is 12.5 Å².